The minimum absolute atomic E-state index is 0.0773. The summed E-state index contributed by atoms with van der Waals surface area (Å²) in [5, 5.41) is 10.3. The van der Waals surface area contributed by atoms with Crippen molar-refractivity contribution in [2.75, 3.05) is 7.11 Å². The summed E-state index contributed by atoms with van der Waals surface area (Å²) in [6, 6.07) is 0. The van der Waals surface area contributed by atoms with Crippen molar-refractivity contribution in [3.63, 3.8) is 0 Å². The van der Waals surface area contributed by atoms with E-state index < -0.39 is 0 Å². The Morgan fingerprint density at radius 3 is 2.76 bits per heavy atom. The van der Waals surface area contributed by atoms with E-state index in [1.165, 1.54) is 39.2 Å². The van der Waals surface area contributed by atoms with Crippen LogP contribution in [-0.4, -0.2) is 36.5 Å². The van der Waals surface area contributed by atoms with Gasteiger partial charge in [-0.15, -0.1) is 0 Å². The lowest BCUT2D eigenvalue weighted by Gasteiger charge is -2.59. The fraction of sp³-hybridized carbons (Fsp3) is 0.960. The first-order valence-electron chi connectivity index (χ1n) is 12.2. The van der Waals surface area contributed by atoms with Crippen LogP contribution in [0.25, 0.3) is 0 Å². The smallest absolute Gasteiger partial charge is 0.305 e. The second kappa shape index (κ2) is 6.95. The summed E-state index contributed by atoms with van der Waals surface area (Å²) in [5.41, 5.74) is 0.635. The third-order valence-corrected chi connectivity index (χ3v) is 10.7. The molecule has 0 radical (unpaired) electrons. The summed E-state index contributed by atoms with van der Waals surface area (Å²) in [6.07, 6.45) is 10.7. The highest BCUT2D eigenvalue weighted by Gasteiger charge is 2.73. The highest BCUT2D eigenvalue weighted by molar-refractivity contribution is 5.69. The van der Waals surface area contributed by atoms with Crippen LogP contribution in [0.3, 0.4) is 0 Å². The van der Waals surface area contributed by atoms with Crippen molar-refractivity contribution >= 4 is 5.97 Å². The normalized spacial score (nSPS) is 53.8. The second-order valence-electron chi connectivity index (χ2n) is 11.7. The Bertz CT molecular complexity index is 663. The lowest BCUT2D eigenvalue weighted by molar-refractivity contribution is -0.141. The average Bonchev–Trinajstić information content (AvgIpc) is 3.42. The summed E-state index contributed by atoms with van der Waals surface area (Å²) >= 11 is 0. The predicted octanol–water partition coefficient (Wildman–Crippen LogP) is 4.58. The van der Waals surface area contributed by atoms with Gasteiger partial charge in [0.15, 0.2) is 0 Å². The molecule has 1 heterocycles. The van der Waals surface area contributed by atoms with Crippen molar-refractivity contribution in [1.82, 2.24) is 0 Å². The molecule has 5 fully saturated rings. The molecule has 0 aromatic carbocycles. The SMILES string of the molecule is COC(=O)CC[C@@H](C)[C@@H]1CC[C@@H]2[C@H]3CC[C@H]4C[C@@H](O)CC[C@]4(C)[C@@H]3[C@H]3O[C@H]3[C@@]21C. The molecule has 4 heteroatoms. The molecule has 29 heavy (non-hydrogen) atoms. The van der Waals surface area contributed by atoms with Crippen molar-refractivity contribution in [1.29, 1.82) is 0 Å². The minimum atomic E-state index is -0.0825. The maximum atomic E-state index is 11.7. The largest absolute Gasteiger partial charge is 0.469 e. The number of epoxide rings is 1. The topological polar surface area (TPSA) is 59.1 Å². The zero-order valence-corrected chi connectivity index (χ0v) is 18.7. The summed E-state index contributed by atoms with van der Waals surface area (Å²) in [4.78, 5) is 11.7. The Morgan fingerprint density at radius 2 is 2.00 bits per heavy atom. The van der Waals surface area contributed by atoms with E-state index in [2.05, 4.69) is 20.8 Å². The van der Waals surface area contributed by atoms with Crippen LogP contribution in [0.15, 0.2) is 0 Å². The molecule has 4 saturated carbocycles. The first kappa shape index (κ1) is 20.3. The van der Waals surface area contributed by atoms with E-state index in [9.17, 15) is 9.90 Å². The van der Waals surface area contributed by atoms with Gasteiger partial charge in [0.2, 0.25) is 0 Å². The molecule has 0 bridgehead atoms. The fourth-order valence-electron chi connectivity index (χ4n) is 9.21. The monoisotopic (exact) mass is 404 g/mol. The molecular formula is C25H40O4. The van der Waals surface area contributed by atoms with Crippen molar-refractivity contribution < 1.29 is 19.4 Å². The van der Waals surface area contributed by atoms with Crippen LogP contribution in [0.5, 0.6) is 0 Å². The van der Waals surface area contributed by atoms with Gasteiger partial charge in [-0.2, -0.15) is 0 Å². The Labute approximate surface area is 176 Å². The summed E-state index contributed by atoms with van der Waals surface area (Å²) in [5.74, 6) is 4.06. The first-order chi connectivity index (χ1) is 13.8. The van der Waals surface area contributed by atoms with Crippen LogP contribution in [0.2, 0.25) is 0 Å². The van der Waals surface area contributed by atoms with Gasteiger partial charge in [0, 0.05) is 11.8 Å². The molecule has 1 saturated heterocycles. The number of carbonyl (C=O) groups excluding carboxylic acids is 1. The number of rotatable bonds is 4. The third-order valence-electron chi connectivity index (χ3n) is 10.7. The van der Waals surface area contributed by atoms with Crippen molar-refractivity contribution in [2.24, 2.45) is 46.3 Å². The number of carbonyl (C=O) groups is 1. The predicted molar refractivity (Wildman–Crippen MR) is 111 cm³/mol. The number of hydrogen-bond donors (Lipinski definition) is 1. The molecule has 164 valence electrons. The van der Waals surface area contributed by atoms with Crippen LogP contribution >= 0.6 is 0 Å². The number of hydrogen-bond acceptors (Lipinski definition) is 4. The molecule has 0 aromatic heterocycles. The summed E-state index contributed by atoms with van der Waals surface area (Å²) in [7, 11) is 1.49. The van der Waals surface area contributed by atoms with Gasteiger partial charge in [0.1, 0.15) is 0 Å². The van der Waals surface area contributed by atoms with Crippen LogP contribution in [0.1, 0.15) is 78.6 Å². The van der Waals surface area contributed by atoms with E-state index in [4.69, 9.17) is 9.47 Å². The number of ether oxygens (including phenoxy) is 2. The first-order valence-corrected chi connectivity index (χ1v) is 12.2. The fourth-order valence-corrected chi connectivity index (χ4v) is 9.21. The van der Waals surface area contributed by atoms with Gasteiger partial charge in [-0.3, -0.25) is 4.79 Å². The molecule has 11 atom stereocenters. The Kier molecular flexibility index (Phi) is 4.87. The van der Waals surface area contributed by atoms with E-state index in [0.29, 0.717) is 47.7 Å². The van der Waals surface area contributed by atoms with Crippen LogP contribution < -0.4 is 0 Å². The molecule has 4 aliphatic carbocycles. The molecule has 0 spiro atoms. The lowest BCUT2D eigenvalue weighted by Crippen LogP contribution is -2.57. The van der Waals surface area contributed by atoms with Gasteiger partial charge in [0.25, 0.3) is 0 Å². The standard InChI is InChI=1S/C25H40O4/c1-14(5-10-20(27)28-4)18-8-9-19-17-7-6-15-13-16(26)11-12-24(15,2)21(17)22-23(29-22)25(18,19)3/h14-19,21-23,26H,5-13H2,1-4H3/t14-,15+,16+,17-,18+,19-,21+,22-,23-,24+,25-/m1/s1. The van der Waals surface area contributed by atoms with E-state index in [1.54, 1.807) is 0 Å². The number of fused-ring (bicyclic) bond motifs is 8. The molecular weight excluding hydrogens is 364 g/mol. The zero-order chi connectivity index (χ0) is 20.6. The van der Waals surface area contributed by atoms with Gasteiger partial charge in [-0.1, -0.05) is 20.8 Å². The number of esters is 1. The van der Waals surface area contributed by atoms with Crippen molar-refractivity contribution in [3.05, 3.63) is 0 Å². The number of methoxy groups -OCH3 is 1. The van der Waals surface area contributed by atoms with E-state index >= 15 is 0 Å². The highest BCUT2D eigenvalue weighted by atomic mass is 16.6. The molecule has 0 unspecified atom stereocenters. The molecule has 0 aromatic rings. The van der Waals surface area contributed by atoms with Crippen molar-refractivity contribution in [3.8, 4) is 0 Å². The maximum absolute atomic E-state index is 11.7. The van der Waals surface area contributed by atoms with Gasteiger partial charge in [0.05, 0.1) is 25.4 Å². The molecule has 0 amide bonds. The van der Waals surface area contributed by atoms with Gasteiger partial charge >= 0.3 is 5.97 Å². The quantitative estimate of drug-likeness (QED) is 0.550. The number of aliphatic hydroxyl groups excluding tert-OH is 1. The van der Waals surface area contributed by atoms with Crippen LogP contribution in [0, 0.1) is 46.3 Å². The minimum Gasteiger partial charge on any atom is -0.469 e. The van der Waals surface area contributed by atoms with E-state index in [1.807, 2.05) is 0 Å². The van der Waals surface area contributed by atoms with Gasteiger partial charge in [-0.05, 0) is 92.3 Å². The number of aliphatic hydroxyl groups is 1. The van der Waals surface area contributed by atoms with Crippen LogP contribution in [0.4, 0.5) is 0 Å². The molecule has 5 aliphatic rings. The Hall–Kier alpha value is -0.610. The third kappa shape index (κ3) is 2.87. The molecule has 4 nitrogen and oxygen atoms in total. The molecule has 1 aliphatic heterocycles. The van der Waals surface area contributed by atoms with Crippen LogP contribution in [-0.2, 0) is 14.3 Å². The molecule has 1 N–H and O–H groups in total. The highest BCUT2D eigenvalue weighted by Crippen LogP contribution is 2.73. The van der Waals surface area contributed by atoms with E-state index in [0.717, 1.165) is 31.1 Å². The lowest BCUT2D eigenvalue weighted by atomic mass is 9.44. The summed E-state index contributed by atoms with van der Waals surface area (Å²) in [6.45, 7) is 7.42. The summed E-state index contributed by atoms with van der Waals surface area (Å²) < 4.78 is 11.5. The second-order valence-corrected chi connectivity index (χ2v) is 11.7. The molecule has 5 rings (SSSR count). The van der Waals surface area contributed by atoms with E-state index in [-0.39, 0.29) is 17.5 Å². The zero-order valence-electron chi connectivity index (χ0n) is 18.7. The Morgan fingerprint density at radius 1 is 1.21 bits per heavy atom. The van der Waals surface area contributed by atoms with Gasteiger partial charge < -0.3 is 14.6 Å². The Balaban J connectivity index is 1.37. The maximum Gasteiger partial charge on any atom is 0.305 e. The average molecular weight is 405 g/mol. The van der Waals surface area contributed by atoms with Crippen molar-refractivity contribution in [2.45, 2.75) is 96.9 Å². The van der Waals surface area contributed by atoms with Gasteiger partial charge in [-0.25, -0.2) is 0 Å².